The highest BCUT2D eigenvalue weighted by atomic mass is 16.7. The number of rotatable bonds is 3. The lowest BCUT2D eigenvalue weighted by Crippen LogP contribution is -2.26. The Balaban J connectivity index is 1.82. The smallest absolute Gasteiger partial charge is 0.177 e. The van der Waals surface area contributed by atoms with Crippen LogP contribution in [0, 0.1) is 0 Å². The minimum Gasteiger partial charge on any atom is -0.387 e. The van der Waals surface area contributed by atoms with Crippen molar-refractivity contribution in [3.63, 3.8) is 0 Å². The van der Waals surface area contributed by atoms with Crippen LogP contribution in [0.1, 0.15) is 5.56 Å². The molecule has 0 radical (unpaired) electrons. The van der Waals surface area contributed by atoms with Gasteiger partial charge in [-0.25, -0.2) is 0 Å². The Morgan fingerprint density at radius 3 is 2.73 bits per heavy atom. The number of ether oxygens (including phenoxy) is 2. The van der Waals surface area contributed by atoms with Crippen LogP contribution >= 0.6 is 0 Å². The average molecular weight is 206 g/mol. The summed E-state index contributed by atoms with van der Waals surface area (Å²) in [5.41, 5.74) is 1.11. The number of hydrogen-bond acceptors (Lipinski definition) is 3. The van der Waals surface area contributed by atoms with Gasteiger partial charge in [0, 0.05) is 0 Å². The maximum atomic E-state index is 9.14. The highest BCUT2D eigenvalue weighted by Gasteiger charge is 2.13. The van der Waals surface area contributed by atoms with E-state index >= 15 is 0 Å². The molecule has 0 bridgehead atoms. The molecule has 1 aromatic rings. The maximum Gasteiger partial charge on any atom is 0.177 e. The Morgan fingerprint density at radius 2 is 2.07 bits per heavy atom. The second-order valence-corrected chi connectivity index (χ2v) is 3.45. The fraction of sp³-hybridized carbons (Fsp3) is 0.333. The van der Waals surface area contributed by atoms with Crippen LogP contribution in [0.4, 0.5) is 0 Å². The van der Waals surface area contributed by atoms with Gasteiger partial charge in [-0.15, -0.1) is 0 Å². The van der Waals surface area contributed by atoms with Gasteiger partial charge in [0.1, 0.15) is 0 Å². The number of hydrogen-bond donors (Lipinski definition) is 1. The first-order chi connectivity index (χ1) is 7.34. The monoisotopic (exact) mass is 206 g/mol. The van der Waals surface area contributed by atoms with Crippen molar-refractivity contribution in [2.75, 3.05) is 6.61 Å². The standard InChI is InChI=1S/C12H14O3/c13-11-6-7-12(15-9-11)14-8-10-4-2-1-3-5-10/h1-7,11-13H,8-9H2. The summed E-state index contributed by atoms with van der Waals surface area (Å²) in [4.78, 5) is 0. The molecular weight excluding hydrogens is 192 g/mol. The zero-order valence-electron chi connectivity index (χ0n) is 8.37. The lowest BCUT2D eigenvalue weighted by atomic mass is 10.2. The van der Waals surface area contributed by atoms with E-state index in [9.17, 15) is 0 Å². The number of aliphatic hydroxyl groups excluding tert-OH is 1. The van der Waals surface area contributed by atoms with E-state index in [4.69, 9.17) is 14.6 Å². The largest absolute Gasteiger partial charge is 0.387 e. The Hall–Kier alpha value is -1.16. The van der Waals surface area contributed by atoms with Crippen molar-refractivity contribution in [2.45, 2.75) is 19.0 Å². The van der Waals surface area contributed by atoms with Gasteiger partial charge in [-0.2, -0.15) is 0 Å². The topological polar surface area (TPSA) is 38.7 Å². The molecule has 80 valence electrons. The van der Waals surface area contributed by atoms with Crippen LogP contribution in [0.25, 0.3) is 0 Å². The third-order valence-electron chi connectivity index (χ3n) is 2.18. The van der Waals surface area contributed by atoms with Crippen molar-refractivity contribution >= 4 is 0 Å². The summed E-state index contributed by atoms with van der Waals surface area (Å²) in [6, 6.07) is 9.92. The van der Waals surface area contributed by atoms with Gasteiger partial charge in [0.15, 0.2) is 6.29 Å². The Morgan fingerprint density at radius 1 is 1.27 bits per heavy atom. The third kappa shape index (κ3) is 3.16. The Bertz CT molecular complexity index is 321. The second kappa shape index (κ2) is 5.07. The average Bonchev–Trinajstić information content (AvgIpc) is 2.30. The molecule has 0 aliphatic carbocycles. The van der Waals surface area contributed by atoms with Crippen LogP contribution in [0.3, 0.4) is 0 Å². The lowest BCUT2D eigenvalue weighted by Gasteiger charge is -2.20. The van der Waals surface area contributed by atoms with E-state index in [2.05, 4.69) is 0 Å². The lowest BCUT2D eigenvalue weighted by molar-refractivity contribution is -0.139. The van der Waals surface area contributed by atoms with Crippen molar-refractivity contribution in [1.29, 1.82) is 0 Å². The van der Waals surface area contributed by atoms with E-state index in [0.29, 0.717) is 13.2 Å². The number of benzene rings is 1. The maximum absolute atomic E-state index is 9.14. The number of aliphatic hydroxyl groups is 1. The highest BCUT2D eigenvalue weighted by molar-refractivity contribution is 5.13. The normalized spacial score (nSPS) is 25.4. The summed E-state index contributed by atoms with van der Waals surface area (Å²) >= 11 is 0. The summed E-state index contributed by atoms with van der Waals surface area (Å²) < 4.78 is 10.8. The third-order valence-corrected chi connectivity index (χ3v) is 2.18. The molecule has 0 saturated carbocycles. The van der Waals surface area contributed by atoms with Gasteiger partial charge < -0.3 is 14.6 Å². The summed E-state index contributed by atoms with van der Waals surface area (Å²) in [7, 11) is 0. The van der Waals surface area contributed by atoms with Crippen LogP contribution < -0.4 is 0 Å². The van der Waals surface area contributed by atoms with E-state index in [1.165, 1.54) is 0 Å². The molecule has 0 fully saturated rings. The van der Waals surface area contributed by atoms with Gasteiger partial charge in [0.2, 0.25) is 0 Å². The first-order valence-electron chi connectivity index (χ1n) is 4.98. The molecule has 0 aromatic heterocycles. The molecule has 0 saturated heterocycles. The zero-order valence-corrected chi connectivity index (χ0v) is 8.37. The van der Waals surface area contributed by atoms with E-state index in [1.807, 2.05) is 30.3 Å². The van der Waals surface area contributed by atoms with Crippen LogP contribution in [0.15, 0.2) is 42.5 Å². The highest BCUT2D eigenvalue weighted by Crippen LogP contribution is 2.09. The molecule has 1 aliphatic rings. The molecule has 15 heavy (non-hydrogen) atoms. The first kappa shape index (κ1) is 10.4. The zero-order chi connectivity index (χ0) is 10.5. The van der Waals surface area contributed by atoms with Gasteiger partial charge in [-0.05, 0) is 11.6 Å². The molecular formula is C12H14O3. The fourth-order valence-corrected chi connectivity index (χ4v) is 1.38. The van der Waals surface area contributed by atoms with Crippen molar-refractivity contribution in [3.05, 3.63) is 48.0 Å². The van der Waals surface area contributed by atoms with Gasteiger partial charge in [-0.1, -0.05) is 36.4 Å². The van der Waals surface area contributed by atoms with Crippen molar-refractivity contribution < 1.29 is 14.6 Å². The molecule has 1 aromatic carbocycles. The fourth-order valence-electron chi connectivity index (χ4n) is 1.38. The molecule has 2 rings (SSSR count). The van der Waals surface area contributed by atoms with Crippen molar-refractivity contribution in [2.24, 2.45) is 0 Å². The van der Waals surface area contributed by atoms with Gasteiger partial charge >= 0.3 is 0 Å². The van der Waals surface area contributed by atoms with Gasteiger partial charge in [-0.3, -0.25) is 0 Å². The van der Waals surface area contributed by atoms with Gasteiger partial charge in [0.25, 0.3) is 0 Å². The summed E-state index contributed by atoms with van der Waals surface area (Å²) in [6.07, 6.45) is 2.59. The Labute approximate surface area is 88.9 Å². The predicted molar refractivity (Wildman–Crippen MR) is 56.1 cm³/mol. The van der Waals surface area contributed by atoms with E-state index < -0.39 is 6.10 Å². The Kier molecular flexibility index (Phi) is 3.50. The van der Waals surface area contributed by atoms with E-state index in [-0.39, 0.29) is 6.29 Å². The molecule has 0 amide bonds. The molecule has 2 atom stereocenters. The quantitative estimate of drug-likeness (QED) is 0.761. The minimum atomic E-state index is -0.499. The minimum absolute atomic E-state index is 0.302. The molecule has 3 heteroatoms. The molecule has 2 unspecified atom stereocenters. The summed E-state index contributed by atoms with van der Waals surface area (Å²) in [6.45, 7) is 0.821. The second-order valence-electron chi connectivity index (χ2n) is 3.45. The SMILES string of the molecule is OC1C=CC(OCc2ccccc2)OC1. The van der Waals surface area contributed by atoms with Gasteiger partial charge in [0.05, 0.1) is 19.3 Å². The van der Waals surface area contributed by atoms with Crippen molar-refractivity contribution in [1.82, 2.24) is 0 Å². The van der Waals surface area contributed by atoms with Crippen LogP contribution in [0.2, 0.25) is 0 Å². The molecule has 1 aliphatic heterocycles. The first-order valence-corrected chi connectivity index (χ1v) is 4.98. The van der Waals surface area contributed by atoms with Crippen LogP contribution in [-0.2, 0) is 16.1 Å². The molecule has 1 heterocycles. The van der Waals surface area contributed by atoms with E-state index in [0.717, 1.165) is 5.56 Å². The summed E-state index contributed by atoms with van der Waals surface area (Å²) in [5.74, 6) is 0. The molecule has 0 spiro atoms. The van der Waals surface area contributed by atoms with Crippen LogP contribution in [-0.4, -0.2) is 24.1 Å². The van der Waals surface area contributed by atoms with Crippen LogP contribution in [0.5, 0.6) is 0 Å². The van der Waals surface area contributed by atoms with Crippen molar-refractivity contribution in [3.8, 4) is 0 Å². The molecule has 3 nitrogen and oxygen atoms in total. The van der Waals surface area contributed by atoms with E-state index in [1.54, 1.807) is 12.2 Å². The molecule has 1 N–H and O–H groups in total. The predicted octanol–water partition coefficient (Wildman–Crippen LogP) is 1.48. The summed E-state index contributed by atoms with van der Waals surface area (Å²) in [5, 5.41) is 9.14.